The fourth-order valence-electron chi connectivity index (χ4n) is 4.80. The zero-order valence-electron chi connectivity index (χ0n) is 21.5. The molecule has 0 aromatic carbocycles. The third kappa shape index (κ3) is 7.85. The second-order valence-electron chi connectivity index (χ2n) is 10.2. The highest BCUT2D eigenvalue weighted by Gasteiger charge is 2.43. The van der Waals surface area contributed by atoms with Crippen LogP contribution in [0.25, 0.3) is 0 Å². The number of pyridine rings is 1. The summed E-state index contributed by atoms with van der Waals surface area (Å²) in [7, 11) is 0. The molecule has 2 saturated heterocycles. The van der Waals surface area contributed by atoms with Crippen molar-refractivity contribution in [3.05, 3.63) is 23.9 Å². The average Bonchev–Trinajstić information content (AvgIpc) is 2.85. The van der Waals surface area contributed by atoms with Crippen LogP contribution in [0.3, 0.4) is 0 Å². The third-order valence-corrected chi connectivity index (χ3v) is 6.83. The van der Waals surface area contributed by atoms with Crippen LogP contribution in [-0.4, -0.2) is 103 Å². The number of ether oxygens (including phenoxy) is 2. The van der Waals surface area contributed by atoms with Gasteiger partial charge in [0.15, 0.2) is 0 Å². The summed E-state index contributed by atoms with van der Waals surface area (Å²) in [5.41, 5.74) is -2.26. The van der Waals surface area contributed by atoms with E-state index in [1.54, 1.807) is 20.8 Å². The van der Waals surface area contributed by atoms with Gasteiger partial charge in [-0.3, -0.25) is 19.5 Å². The number of nitrogens with zero attached hydrogens (tertiary/aromatic N) is 4. The van der Waals surface area contributed by atoms with Crippen LogP contribution in [0.5, 0.6) is 0 Å². The highest BCUT2D eigenvalue weighted by Crippen LogP contribution is 2.33. The van der Waals surface area contributed by atoms with Crippen LogP contribution in [0.2, 0.25) is 0 Å². The molecule has 0 aliphatic carbocycles. The number of alkyl halides is 3. The molecule has 0 unspecified atom stereocenters. The molecule has 0 spiro atoms. The Morgan fingerprint density at radius 3 is 2.44 bits per heavy atom. The lowest BCUT2D eigenvalue weighted by atomic mass is 9.86. The molecule has 1 aromatic heterocycles. The molecule has 2 aliphatic rings. The van der Waals surface area contributed by atoms with Crippen molar-refractivity contribution < 1.29 is 32.5 Å². The molecule has 1 aromatic rings. The quantitative estimate of drug-likeness (QED) is 0.479. The Labute approximate surface area is 211 Å². The van der Waals surface area contributed by atoms with E-state index in [2.05, 4.69) is 14.8 Å². The van der Waals surface area contributed by atoms with Gasteiger partial charge < -0.3 is 14.6 Å². The first kappa shape index (κ1) is 28.8. The lowest BCUT2D eigenvalue weighted by Crippen LogP contribution is -2.63. The first-order valence-electron chi connectivity index (χ1n) is 12.6. The predicted octanol–water partition coefficient (Wildman–Crippen LogP) is 2.80. The first-order chi connectivity index (χ1) is 16.9. The predicted molar refractivity (Wildman–Crippen MR) is 130 cm³/mol. The standard InChI is InChI=1S/C25H39F3N4O4/c1-4-22(33)32(21-7-5-6-20(29-21)25(26,27)28)18-24(8-15-35-16-9-24)31-12-10-30(11-13-31)14-17-36-19-23(2,3)34/h5-7,34H,4,8-19H2,1-3H3. The molecule has 8 nitrogen and oxygen atoms in total. The number of piperazine rings is 1. The molecule has 2 aliphatic heterocycles. The van der Waals surface area contributed by atoms with Gasteiger partial charge in [0.05, 0.1) is 18.8 Å². The smallest absolute Gasteiger partial charge is 0.388 e. The van der Waals surface area contributed by atoms with Gasteiger partial charge in [-0.15, -0.1) is 0 Å². The van der Waals surface area contributed by atoms with Crippen LogP contribution in [0, 0.1) is 0 Å². The Balaban J connectivity index is 1.72. The van der Waals surface area contributed by atoms with E-state index in [0.29, 0.717) is 32.7 Å². The number of amides is 1. The van der Waals surface area contributed by atoms with Crippen LogP contribution < -0.4 is 4.90 Å². The molecule has 3 heterocycles. The van der Waals surface area contributed by atoms with Crippen molar-refractivity contribution in [2.75, 3.05) is 70.6 Å². The van der Waals surface area contributed by atoms with E-state index in [0.717, 1.165) is 38.8 Å². The van der Waals surface area contributed by atoms with Crippen LogP contribution >= 0.6 is 0 Å². The number of hydrogen-bond donors (Lipinski definition) is 1. The van der Waals surface area contributed by atoms with Gasteiger partial charge >= 0.3 is 6.18 Å². The van der Waals surface area contributed by atoms with Crippen LogP contribution in [-0.2, 0) is 20.4 Å². The number of halogens is 3. The van der Waals surface area contributed by atoms with Gasteiger partial charge in [-0.05, 0) is 38.8 Å². The maximum Gasteiger partial charge on any atom is 0.433 e. The summed E-state index contributed by atoms with van der Waals surface area (Å²) >= 11 is 0. The number of aromatic nitrogens is 1. The minimum Gasteiger partial charge on any atom is -0.388 e. The maximum atomic E-state index is 13.3. The second kappa shape index (κ2) is 12.2. The number of hydrogen-bond acceptors (Lipinski definition) is 7. The van der Waals surface area contributed by atoms with Crippen LogP contribution in [0.15, 0.2) is 18.2 Å². The molecule has 204 valence electrons. The molecule has 36 heavy (non-hydrogen) atoms. The van der Waals surface area contributed by atoms with Crippen molar-refractivity contribution in [3.8, 4) is 0 Å². The molecule has 1 N–H and O–H groups in total. The van der Waals surface area contributed by atoms with Crippen molar-refractivity contribution in [1.29, 1.82) is 0 Å². The molecular formula is C25H39F3N4O4. The van der Waals surface area contributed by atoms with Crippen molar-refractivity contribution in [3.63, 3.8) is 0 Å². The van der Waals surface area contributed by atoms with E-state index in [9.17, 15) is 23.1 Å². The molecular weight excluding hydrogens is 477 g/mol. The zero-order chi connectivity index (χ0) is 26.4. The summed E-state index contributed by atoms with van der Waals surface area (Å²) < 4.78 is 51.2. The van der Waals surface area contributed by atoms with Gasteiger partial charge in [-0.25, -0.2) is 4.98 Å². The summed E-state index contributed by atoms with van der Waals surface area (Å²) in [6.45, 7) is 11.2. The van der Waals surface area contributed by atoms with Crippen molar-refractivity contribution in [2.24, 2.45) is 0 Å². The van der Waals surface area contributed by atoms with Gasteiger partial charge in [-0.1, -0.05) is 13.0 Å². The van der Waals surface area contributed by atoms with Gasteiger partial charge in [0, 0.05) is 64.4 Å². The van der Waals surface area contributed by atoms with E-state index in [-0.39, 0.29) is 31.3 Å². The van der Waals surface area contributed by atoms with E-state index >= 15 is 0 Å². The van der Waals surface area contributed by atoms with Gasteiger partial charge in [0.1, 0.15) is 11.5 Å². The molecule has 0 atom stereocenters. The number of carbonyl (C=O) groups is 1. The molecule has 2 fully saturated rings. The molecule has 1 amide bonds. The monoisotopic (exact) mass is 516 g/mol. The Morgan fingerprint density at radius 2 is 1.86 bits per heavy atom. The molecule has 3 rings (SSSR count). The van der Waals surface area contributed by atoms with Gasteiger partial charge in [-0.2, -0.15) is 13.2 Å². The Kier molecular flexibility index (Phi) is 9.73. The SMILES string of the molecule is CCC(=O)N(CC1(N2CCN(CCOCC(C)(C)O)CC2)CCOCC1)c1cccc(C(F)(F)F)n1. The minimum absolute atomic E-state index is 0.0325. The van der Waals surface area contributed by atoms with E-state index in [4.69, 9.17) is 9.47 Å². The summed E-state index contributed by atoms with van der Waals surface area (Å²) in [6, 6.07) is 3.70. The Hall–Kier alpha value is -1.79. The number of anilines is 1. The second-order valence-corrected chi connectivity index (χ2v) is 10.2. The summed E-state index contributed by atoms with van der Waals surface area (Å²) in [5, 5.41) is 9.78. The Morgan fingerprint density at radius 1 is 1.19 bits per heavy atom. The topological polar surface area (TPSA) is 78.4 Å². The molecule has 11 heteroatoms. The fourth-order valence-corrected chi connectivity index (χ4v) is 4.80. The largest absolute Gasteiger partial charge is 0.433 e. The Bertz CT molecular complexity index is 848. The summed E-state index contributed by atoms with van der Waals surface area (Å²) in [5.74, 6) is -0.222. The van der Waals surface area contributed by atoms with Gasteiger partial charge in [0.2, 0.25) is 5.91 Å². The number of carbonyl (C=O) groups excluding carboxylic acids is 1. The van der Waals surface area contributed by atoms with Crippen LogP contribution in [0.4, 0.5) is 19.0 Å². The fraction of sp³-hybridized carbons (Fsp3) is 0.760. The number of aliphatic hydroxyl groups is 1. The first-order valence-corrected chi connectivity index (χ1v) is 12.6. The normalized spacial score (nSPS) is 19.9. The average molecular weight is 517 g/mol. The zero-order valence-corrected chi connectivity index (χ0v) is 21.5. The molecule has 0 bridgehead atoms. The van der Waals surface area contributed by atoms with Gasteiger partial charge in [0.25, 0.3) is 0 Å². The highest BCUT2D eigenvalue weighted by molar-refractivity contribution is 5.92. The van der Waals surface area contributed by atoms with Crippen molar-refractivity contribution in [2.45, 2.75) is 57.3 Å². The number of rotatable bonds is 10. The lowest BCUT2D eigenvalue weighted by Gasteiger charge is -2.51. The summed E-state index contributed by atoms with van der Waals surface area (Å²) in [4.78, 5) is 22.9. The van der Waals surface area contributed by atoms with Crippen LogP contribution in [0.1, 0.15) is 45.7 Å². The van der Waals surface area contributed by atoms with Crippen molar-refractivity contribution >= 4 is 11.7 Å². The third-order valence-electron chi connectivity index (χ3n) is 6.83. The van der Waals surface area contributed by atoms with E-state index in [1.165, 1.54) is 17.0 Å². The van der Waals surface area contributed by atoms with E-state index < -0.39 is 23.0 Å². The lowest BCUT2D eigenvalue weighted by molar-refractivity contribution is -0.141. The minimum atomic E-state index is -4.58. The summed E-state index contributed by atoms with van der Waals surface area (Å²) in [6.07, 6.45) is -3.04. The van der Waals surface area contributed by atoms with Crippen molar-refractivity contribution in [1.82, 2.24) is 14.8 Å². The highest BCUT2D eigenvalue weighted by atomic mass is 19.4. The van der Waals surface area contributed by atoms with E-state index in [1.807, 2.05) is 0 Å². The molecule has 0 saturated carbocycles. The molecule has 0 radical (unpaired) electrons. The maximum absolute atomic E-state index is 13.3.